The zero-order valence-corrected chi connectivity index (χ0v) is 32.5. The minimum absolute atomic E-state index is 0.312. The number of hydrogen-bond donors (Lipinski definition) is 1. The Labute approximate surface area is 343 Å². The van der Waals surface area contributed by atoms with Crippen LogP contribution in [0.4, 0.5) is 0 Å². The van der Waals surface area contributed by atoms with Crippen molar-refractivity contribution in [3.05, 3.63) is 193 Å². The second kappa shape index (κ2) is 13.2. The summed E-state index contributed by atoms with van der Waals surface area (Å²) in [5, 5.41) is 8.74. The number of para-hydroxylation sites is 5. The molecule has 7 nitrogen and oxygen atoms in total. The van der Waals surface area contributed by atoms with Gasteiger partial charge in [0.1, 0.15) is 28.2 Å². The van der Waals surface area contributed by atoms with Crippen molar-refractivity contribution in [3.63, 3.8) is 0 Å². The van der Waals surface area contributed by atoms with Gasteiger partial charge in [-0.15, -0.1) is 0 Å². The van der Waals surface area contributed by atoms with Gasteiger partial charge >= 0.3 is 0 Å². The monoisotopic (exact) mass is 773 g/mol. The summed E-state index contributed by atoms with van der Waals surface area (Å²) < 4.78 is 17.1. The van der Waals surface area contributed by atoms with Gasteiger partial charge in [0, 0.05) is 59.9 Å². The lowest BCUT2D eigenvalue weighted by atomic mass is 10.1. The quantitative estimate of drug-likeness (QED) is 0.143. The van der Waals surface area contributed by atoms with Crippen LogP contribution in [0.5, 0.6) is 0 Å². The molecule has 0 saturated carbocycles. The fourth-order valence-corrected chi connectivity index (χ4v) is 9.06. The Morgan fingerprint density at radius 2 is 0.983 bits per heavy atom. The summed E-state index contributed by atoms with van der Waals surface area (Å²) in [5.74, 6) is 0.735. The van der Waals surface area contributed by atoms with Gasteiger partial charge in [-0.1, -0.05) is 109 Å². The minimum atomic E-state index is 0.312. The molecule has 0 saturated heterocycles. The zero-order chi connectivity index (χ0) is 39.9. The number of fused-ring (bicyclic) bond motifs is 13. The molecule has 284 valence electrons. The van der Waals surface area contributed by atoms with E-state index in [1.54, 1.807) is 0 Å². The van der Waals surface area contributed by atoms with E-state index in [0.717, 1.165) is 105 Å². The number of furan rings is 2. The molecule has 0 aliphatic rings. The number of rotatable bonds is 4. The summed E-state index contributed by atoms with van der Waals surface area (Å²) in [7, 11) is 0. The number of aliphatic imine (C=N–C) groups is 2. The van der Waals surface area contributed by atoms with Crippen molar-refractivity contribution in [1.82, 2.24) is 9.13 Å². The molecule has 4 heterocycles. The van der Waals surface area contributed by atoms with Crippen molar-refractivity contribution in [2.24, 2.45) is 15.7 Å². The van der Waals surface area contributed by atoms with Crippen LogP contribution in [0.3, 0.4) is 0 Å². The number of amidine groups is 1. The summed E-state index contributed by atoms with van der Waals surface area (Å²) in [4.78, 5) is 10.7. The normalized spacial score (nSPS) is 13.1. The van der Waals surface area contributed by atoms with Crippen LogP contribution in [0.1, 0.15) is 18.1 Å². The number of benzene rings is 8. The van der Waals surface area contributed by atoms with Crippen molar-refractivity contribution in [2.45, 2.75) is 6.92 Å². The molecule has 0 fully saturated rings. The Kier molecular flexibility index (Phi) is 7.46. The Hall–Kier alpha value is -8.16. The van der Waals surface area contributed by atoms with Crippen LogP contribution in [-0.4, -0.2) is 20.9 Å². The lowest BCUT2D eigenvalue weighted by Crippen LogP contribution is -2.19. The number of nitrogens with zero attached hydrogens (tertiary/aromatic N) is 4. The van der Waals surface area contributed by atoms with E-state index in [1.165, 1.54) is 5.39 Å². The molecule has 12 rings (SSSR count). The number of aromatic nitrogens is 2. The van der Waals surface area contributed by atoms with E-state index < -0.39 is 0 Å². The van der Waals surface area contributed by atoms with E-state index in [1.807, 2.05) is 61.5 Å². The first-order valence-electron chi connectivity index (χ1n) is 20.1. The molecule has 0 unspecified atom stereocenters. The number of hydrogen-bond acceptors (Lipinski definition) is 3. The molecule has 7 heteroatoms. The third-order valence-electron chi connectivity index (χ3n) is 11.7. The van der Waals surface area contributed by atoms with E-state index in [-0.39, 0.29) is 0 Å². The molecule has 2 N–H and O–H groups in total. The fraction of sp³-hybridized carbons (Fsp3) is 0.0189. The maximum Gasteiger partial charge on any atom is 0.237 e. The average molecular weight is 774 g/mol. The topological polar surface area (TPSA) is 86.9 Å². The molecule has 0 spiro atoms. The molecule has 0 aliphatic carbocycles. The second-order valence-corrected chi connectivity index (χ2v) is 15.1. The van der Waals surface area contributed by atoms with Gasteiger partial charge in [0.15, 0.2) is 0 Å². The van der Waals surface area contributed by atoms with Crippen LogP contribution in [0.25, 0.3) is 98.9 Å². The van der Waals surface area contributed by atoms with Crippen molar-refractivity contribution in [2.75, 3.05) is 0 Å². The molecule has 60 heavy (non-hydrogen) atoms. The van der Waals surface area contributed by atoms with Gasteiger partial charge in [-0.25, -0.2) is 4.99 Å². The standard InChI is InChI=1S/C53H35N5O2/c1-2-41(32-24-26-37-35-16-8-12-22-46(35)59-48(37)30-32)55-53(56-52(54)33-25-27-38-36-17-9-13-23-47(36)60-49(38)31-33)58-43-21-11-7-19-40(43)51-45(58)29-28-44-50(51)39-18-6-10-20-42(39)57(44)34-14-4-3-5-15-34/h2-31H,1H3,(H2,54,55,56)/b41-2+. The molecule has 8 aromatic carbocycles. The first kappa shape index (κ1) is 33.9. The minimum Gasteiger partial charge on any atom is -0.456 e. The molecule has 0 atom stereocenters. The third-order valence-corrected chi connectivity index (χ3v) is 11.7. The van der Waals surface area contributed by atoms with Crippen LogP contribution in [-0.2, 0) is 0 Å². The molecular formula is C53H35N5O2. The first-order chi connectivity index (χ1) is 29.6. The SMILES string of the molecule is C/C=C(/N=C(N=C(N)c1ccc2c(c1)oc1ccccc12)n1c2ccccc2c2c3c4ccccc4n(-c4ccccc4)c3ccc21)c1ccc2c(c1)oc1ccccc12. The Balaban J connectivity index is 1.13. The summed E-state index contributed by atoms with van der Waals surface area (Å²) >= 11 is 0. The predicted molar refractivity (Wildman–Crippen MR) is 248 cm³/mol. The summed E-state index contributed by atoms with van der Waals surface area (Å²) in [6.07, 6.45) is 2.01. The maximum absolute atomic E-state index is 7.06. The molecule has 0 amide bonds. The highest BCUT2D eigenvalue weighted by Crippen LogP contribution is 2.42. The maximum atomic E-state index is 7.06. The van der Waals surface area contributed by atoms with E-state index in [0.29, 0.717) is 11.8 Å². The molecule has 4 aromatic heterocycles. The molecule has 12 aromatic rings. The smallest absolute Gasteiger partial charge is 0.237 e. The van der Waals surface area contributed by atoms with Gasteiger partial charge < -0.3 is 19.1 Å². The molecule has 0 radical (unpaired) electrons. The fourth-order valence-electron chi connectivity index (χ4n) is 9.06. The summed E-state index contributed by atoms with van der Waals surface area (Å²) in [5.41, 5.74) is 17.9. The zero-order valence-electron chi connectivity index (χ0n) is 32.5. The predicted octanol–water partition coefficient (Wildman–Crippen LogP) is 13.4. The van der Waals surface area contributed by atoms with Crippen molar-refractivity contribution < 1.29 is 8.83 Å². The lowest BCUT2D eigenvalue weighted by Gasteiger charge is -2.11. The number of allylic oxidation sites excluding steroid dienone is 1. The largest absolute Gasteiger partial charge is 0.456 e. The van der Waals surface area contributed by atoms with Crippen LogP contribution in [0.2, 0.25) is 0 Å². The summed E-state index contributed by atoms with van der Waals surface area (Å²) in [6, 6.07) is 60.5. The molecular weight excluding hydrogens is 739 g/mol. The summed E-state index contributed by atoms with van der Waals surface area (Å²) in [6.45, 7) is 2.00. The van der Waals surface area contributed by atoms with Crippen LogP contribution < -0.4 is 5.73 Å². The third kappa shape index (κ3) is 5.09. The number of nitrogens with two attached hydrogens (primary N) is 1. The van der Waals surface area contributed by atoms with E-state index in [9.17, 15) is 0 Å². The van der Waals surface area contributed by atoms with Crippen LogP contribution in [0, 0.1) is 0 Å². The molecule has 0 bridgehead atoms. The highest BCUT2D eigenvalue weighted by molar-refractivity contribution is 6.30. The van der Waals surface area contributed by atoms with Crippen LogP contribution >= 0.6 is 0 Å². The highest BCUT2D eigenvalue weighted by atomic mass is 16.3. The molecule has 0 aliphatic heterocycles. The van der Waals surface area contributed by atoms with Gasteiger partial charge in [0.2, 0.25) is 5.96 Å². The van der Waals surface area contributed by atoms with Gasteiger partial charge in [-0.05, 0) is 79.7 Å². The van der Waals surface area contributed by atoms with Gasteiger partial charge in [0.05, 0.1) is 27.8 Å². The highest BCUT2D eigenvalue weighted by Gasteiger charge is 2.22. The van der Waals surface area contributed by atoms with Gasteiger partial charge in [0.25, 0.3) is 0 Å². The van der Waals surface area contributed by atoms with Gasteiger partial charge in [-0.3, -0.25) is 4.57 Å². The van der Waals surface area contributed by atoms with Crippen molar-refractivity contribution in [3.8, 4) is 5.69 Å². The van der Waals surface area contributed by atoms with E-state index in [2.05, 4.69) is 137 Å². The Bertz CT molecular complexity index is 3800. The average Bonchev–Trinajstić information content (AvgIpc) is 4.05. The van der Waals surface area contributed by atoms with E-state index in [4.69, 9.17) is 24.6 Å². The first-order valence-corrected chi connectivity index (χ1v) is 20.1. The second-order valence-electron chi connectivity index (χ2n) is 15.1. The van der Waals surface area contributed by atoms with Crippen molar-refractivity contribution in [1.29, 1.82) is 0 Å². The Morgan fingerprint density at radius 1 is 0.467 bits per heavy atom. The van der Waals surface area contributed by atoms with E-state index >= 15 is 0 Å². The Morgan fingerprint density at radius 3 is 1.67 bits per heavy atom. The van der Waals surface area contributed by atoms with Crippen LogP contribution in [0.15, 0.2) is 201 Å². The van der Waals surface area contributed by atoms with Crippen molar-refractivity contribution >= 4 is 105 Å². The van der Waals surface area contributed by atoms with Gasteiger partial charge in [-0.2, -0.15) is 4.99 Å². The lowest BCUT2D eigenvalue weighted by molar-refractivity contribution is 0.668.